The van der Waals surface area contributed by atoms with Crippen LogP contribution in [0.2, 0.25) is 0 Å². The Bertz CT molecular complexity index is 1060. The molecule has 0 saturated heterocycles. The Labute approximate surface area is 144 Å². The summed E-state index contributed by atoms with van der Waals surface area (Å²) in [6.07, 6.45) is -0.395. The third-order valence-electron chi connectivity index (χ3n) is 5.16. The molecule has 0 fully saturated rings. The molecule has 0 saturated carbocycles. The zero-order chi connectivity index (χ0) is 16.4. The van der Waals surface area contributed by atoms with E-state index in [4.69, 9.17) is 9.47 Å². The predicted molar refractivity (Wildman–Crippen MR) is 97.8 cm³/mol. The highest BCUT2D eigenvalue weighted by molar-refractivity contribution is 5.92. The summed E-state index contributed by atoms with van der Waals surface area (Å²) in [5.41, 5.74) is 2.10. The van der Waals surface area contributed by atoms with Crippen molar-refractivity contribution >= 4 is 21.5 Å². The van der Waals surface area contributed by atoms with Crippen LogP contribution in [0.4, 0.5) is 0 Å². The van der Waals surface area contributed by atoms with Gasteiger partial charge in [-0.25, -0.2) is 5.32 Å². The van der Waals surface area contributed by atoms with Gasteiger partial charge in [0.15, 0.2) is 12.5 Å². The smallest absolute Gasteiger partial charge is 0.183 e. The lowest BCUT2D eigenvalue weighted by Crippen LogP contribution is -2.41. The lowest BCUT2D eigenvalue weighted by molar-refractivity contribution is 0.0190. The quantitative estimate of drug-likeness (QED) is 0.490. The van der Waals surface area contributed by atoms with Gasteiger partial charge in [0.25, 0.3) is 0 Å². The molecule has 1 N–H and O–H groups in total. The average molecular weight is 325 g/mol. The molecule has 0 amide bonds. The lowest BCUT2D eigenvalue weighted by Gasteiger charge is -2.39. The minimum atomic E-state index is -0.198. The second-order valence-corrected chi connectivity index (χ2v) is 6.57. The maximum absolute atomic E-state index is 6.40. The molecule has 4 aromatic carbocycles. The van der Waals surface area contributed by atoms with Gasteiger partial charge >= 0.3 is 0 Å². The average Bonchev–Trinajstić information content (AvgIpc) is 2.68. The van der Waals surface area contributed by atoms with Gasteiger partial charge in [0, 0.05) is 10.8 Å². The maximum Gasteiger partial charge on any atom is 0.183 e. The predicted octanol–water partition coefficient (Wildman–Crippen LogP) is 5.06. The first-order valence-electron chi connectivity index (χ1n) is 8.51. The van der Waals surface area contributed by atoms with Crippen LogP contribution < -0.4 is 14.8 Å². The van der Waals surface area contributed by atoms with Crippen molar-refractivity contribution in [2.24, 2.45) is 0 Å². The molecule has 3 nitrogen and oxygen atoms in total. The van der Waals surface area contributed by atoms with Gasteiger partial charge in [-0.05, 0) is 22.9 Å². The highest BCUT2D eigenvalue weighted by Crippen LogP contribution is 2.48. The van der Waals surface area contributed by atoms with Crippen molar-refractivity contribution in [1.29, 1.82) is 0 Å². The van der Waals surface area contributed by atoms with Gasteiger partial charge in [0.2, 0.25) is 0 Å². The van der Waals surface area contributed by atoms with Crippen LogP contribution >= 0.6 is 0 Å². The van der Waals surface area contributed by atoms with Crippen molar-refractivity contribution in [2.75, 3.05) is 0 Å². The van der Waals surface area contributed by atoms with Gasteiger partial charge < -0.3 is 9.47 Å². The van der Waals surface area contributed by atoms with E-state index in [-0.39, 0.29) is 12.5 Å². The van der Waals surface area contributed by atoms with Crippen molar-refractivity contribution in [3.05, 3.63) is 83.9 Å². The number of benzene rings is 4. The number of ether oxygens (including phenoxy) is 2. The third kappa shape index (κ3) is 1.79. The van der Waals surface area contributed by atoms with E-state index in [9.17, 15) is 0 Å². The van der Waals surface area contributed by atoms with Gasteiger partial charge in [-0.15, -0.1) is 0 Å². The largest absolute Gasteiger partial charge is 0.470 e. The molecule has 0 spiro atoms. The lowest BCUT2D eigenvalue weighted by atomic mass is 9.98. The Kier molecular flexibility index (Phi) is 2.52. The van der Waals surface area contributed by atoms with Gasteiger partial charge in [-0.2, -0.15) is 0 Å². The van der Waals surface area contributed by atoms with Crippen molar-refractivity contribution < 1.29 is 9.47 Å². The third-order valence-corrected chi connectivity index (χ3v) is 5.16. The number of nitrogens with one attached hydrogen (secondary N) is 1. The molecule has 25 heavy (non-hydrogen) atoms. The summed E-state index contributed by atoms with van der Waals surface area (Å²) < 4.78 is 12.8. The first-order valence-corrected chi connectivity index (χ1v) is 8.51. The molecular weight excluding hydrogens is 310 g/mol. The standard InChI is InChI=1S/C22H15NO2/c1-3-7-15-13(5-1)9-11-17-19(15)24-22-18-12-10-14-6-2-4-8-16(14)20(18)25-21(17)23-22/h1-12,21-23H/t21-,22-/m0/s1. The molecule has 0 unspecified atom stereocenters. The van der Waals surface area contributed by atoms with E-state index in [1.807, 2.05) is 12.1 Å². The van der Waals surface area contributed by atoms with E-state index in [1.54, 1.807) is 0 Å². The zero-order valence-corrected chi connectivity index (χ0v) is 13.4. The molecule has 120 valence electrons. The minimum absolute atomic E-state index is 0.198. The van der Waals surface area contributed by atoms with Crippen LogP contribution in [-0.2, 0) is 0 Å². The van der Waals surface area contributed by atoms with Crippen molar-refractivity contribution in [1.82, 2.24) is 5.32 Å². The summed E-state index contributed by atoms with van der Waals surface area (Å²) in [6.45, 7) is 0. The number of rotatable bonds is 0. The minimum Gasteiger partial charge on any atom is -0.470 e. The number of hydrogen-bond acceptors (Lipinski definition) is 3. The first kappa shape index (κ1) is 13.3. The molecule has 2 aliphatic rings. The first-order chi connectivity index (χ1) is 12.4. The summed E-state index contributed by atoms with van der Waals surface area (Å²) in [7, 11) is 0. The molecule has 2 heterocycles. The zero-order valence-electron chi connectivity index (χ0n) is 13.4. The fraction of sp³-hybridized carbons (Fsp3) is 0.0909. The molecule has 0 aromatic heterocycles. The van der Waals surface area contributed by atoms with E-state index in [1.165, 1.54) is 10.8 Å². The number of hydrogen-bond donors (Lipinski definition) is 1. The van der Waals surface area contributed by atoms with E-state index >= 15 is 0 Å². The summed E-state index contributed by atoms with van der Waals surface area (Å²) in [4.78, 5) is 0. The molecule has 6 rings (SSSR count). The SMILES string of the molecule is c1ccc2c3c(ccc2c1)[C@H]1N[C@@H](O3)c2ccc3ccccc3c2O1. The topological polar surface area (TPSA) is 30.5 Å². The van der Waals surface area contributed by atoms with Crippen molar-refractivity contribution in [3.63, 3.8) is 0 Å². The summed E-state index contributed by atoms with van der Waals surface area (Å²) in [6, 6.07) is 25.1. The molecule has 2 bridgehead atoms. The van der Waals surface area contributed by atoms with Gasteiger partial charge in [0.1, 0.15) is 11.5 Å². The second kappa shape index (κ2) is 4.74. The number of fused-ring (bicyclic) bond motifs is 10. The molecule has 2 atom stereocenters. The highest BCUT2D eigenvalue weighted by atomic mass is 16.5. The molecule has 2 aliphatic heterocycles. The molecule has 3 heteroatoms. The van der Waals surface area contributed by atoms with Crippen LogP contribution in [-0.4, -0.2) is 0 Å². The summed E-state index contributed by atoms with van der Waals surface area (Å²) in [5.74, 6) is 1.84. The Morgan fingerprint density at radius 1 is 0.560 bits per heavy atom. The van der Waals surface area contributed by atoms with Crippen molar-refractivity contribution in [2.45, 2.75) is 12.5 Å². The maximum atomic E-state index is 6.40. The van der Waals surface area contributed by atoms with Crippen molar-refractivity contribution in [3.8, 4) is 11.5 Å². The van der Waals surface area contributed by atoms with Crippen LogP contribution in [0.5, 0.6) is 11.5 Å². The van der Waals surface area contributed by atoms with Crippen LogP contribution in [0.25, 0.3) is 21.5 Å². The van der Waals surface area contributed by atoms with Crippen LogP contribution in [0.15, 0.2) is 72.8 Å². The normalized spacial score (nSPS) is 20.5. The Balaban J connectivity index is 1.59. The van der Waals surface area contributed by atoms with Gasteiger partial charge in [-0.1, -0.05) is 60.7 Å². The molecule has 4 aromatic rings. The fourth-order valence-corrected chi connectivity index (χ4v) is 3.94. The van der Waals surface area contributed by atoms with Gasteiger partial charge in [0.05, 0.1) is 11.1 Å². The Morgan fingerprint density at radius 2 is 1.04 bits per heavy atom. The fourth-order valence-electron chi connectivity index (χ4n) is 3.94. The second-order valence-electron chi connectivity index (χ2n) is 6.57. The highest BCUT2D eigenvalue weighted by Gasteiger charge is 2.37. The van der Waals surface area contributed by atoms with Crippen LogP contribution in [0.3, 0.4) is 0 Å². The molecule has 0 aliphatic carbocycles. The molecular formula is C22H15NO2. The van der Waals surface area contributed by atoms with E-state index in [0.717, 1.165) is 33.4 Å². The van der Waals surface area contributed by atoms with Gasteiger partial charge in [-0.3, -0.25) is 0 Å². The molecule has 0 radical (unpaired) electrons. The summed E-state index contributed by atoms with van der Waals surface area (Å²) >= 11 is 0. The Morgan fingerprint density at radius 3 is 1.56 bits per heavy atom. The van der Waals surface area contributed by atoms with Crippen LogP contribution in [0, 0.1) is 0 Å². The van der Waals surface area contributed by atoms with E-state index in [0.29, 0.717) is 0 Å². The monoisotopic (exact) mass is 325 g/mol. The van der Waals surface area contributed by atoms with E-state index in [2.05, 4.69) is 66.0 Å². The Hall–Kier alpha value is -3.04. The van der Waals surface area contributed by atoms with Crippen LogP contribution in [0.1, 0.15) is 23.6 Å². The summed E-state index contributed by atoms with van der Waals surface area (Å²) in [5, 5.41) is 8.07. The van der Waals surface area contributed by atoms with E-state index < -0.39 is 0 Å².